The van der Waals surface area contributed by atoms with Crippen LogP contribution in [0.1, 0.15) is 31.2 Å². The third-order valence-corrected chi connectivity index (χ3v) is 4.96. The molecule has 2 atom stereocenters. The third-order valence-electron chi connectivity index (χ3n) is 4.96. The number of amides is 2. The van der Waals surface area contributed by atoms with Crippen LogP contribution in [0.3, 0.4) is 0 Å². The molecule has 0 radical (unpaired) electrons. The average molecular weight is 304 g/mol. The molecule has 2 aliphatic rings. The van der Waals surface area contributed by atoms with Crippen LogP contribution in [0.15, 0.2) is 12.4 Å². The van der Waals surface area contributed by atoms with Crippen LogP contribution in [-0.4, -0.2) is 57.6 Å². The molecule has 2 saturated heterocycles. The van der Waals surface area contributed by atoms with Gasteiger partial charge in [0.05, 0.1) is 6.20 Å². The van der Waals surface area contributed by atoms with Gasteiger partial charge in [0.25, 0.3) is 0 Å². The molecular formula is C16H24N4O2. The summed E-state index contributed by atoms with van der Waals surface area (Å²) in [5.41, 5.74) is 1.07. The Morgan fingerprint density at radius 1 is 1.41 bits per heavy atom. The van der Waals surface area contributed by atoms with Crippen LogP contribution in [0, 0.1) is 12.8 Å². The van der Waals surface area contributed by atoms with E-state index in [1.807, 2.05) is 30.0 Å². The van der Waals surface area contributed by atoms with Gasteiger partial charge in [-0.3, -0.25) is 14.3 Å². The summed E-state index contributed by atoms with van der Waals surface area (Å²) < 4.78 is 1.70. The van der Waals surface area contributed by atoms with Crippen LogP contribution in [0.4, 0.5) is 0 Å². The second kappa shape index (κ2) is 6.10. The first kappa shape index (κ1) is 15.1. The van der Waals surface area contributed by atoms with E-state index in [0.29, 0.717) is 24.9 Å². The lowest BCUT2D eigenvalue weighted by Gasteiger charge is -2.41. The van der Waals surface area contributed by atoms with Crippen molar-refractivity contribution in [3.8, 4) is 0 Å². The molecule has 0 aliphatic carbocycles. The van der Waals surface area contributed by atoms with Crippen molar-refractivity contribution in [1.29, 1.82) is 0 Å². The number of fused-ring (bicyclic) bond motifs is 1. The summed E-state index contributed by atoms with van der Waals surface area (Å²) in [5, 5.41) is 4.19. The number of aryl methyl sites for hydroxylation is 1. The van der Waals surface area contributed by atoms with E-state index in [2.05, 4.69) is 5.10 Å². The standard InChI is InChI=1S/C16H24N4O2/c1-12-8-17-20(9-12)11-16(22)19-7-6-14-13(10-19)4-3-5-15(21)18(14)2/h8-9,13-14H,3-7,10-11H2,1-2H3/t13-,14-/m1/s1. The number of carbonyl (C=O) groups excluding carboxylic acids is 2. The zero-order valence-corrected chi connectivity index (χ0v) is 13.4. The highest BCUT2D eigenvalue weighted by Crippen LogP contribution is 2.29. The molecule has 0 aromatic carbocycles. The maximum atomic E-state index is 12.5. The second-order valence-corrected chi connectivity index (χ2v) is 6.57. The lowest BCUT2D eigenvalue weighted by Crippen LogP contribution is -2.52. The van der Waals surface area contributed by atoms with E-state index in [9.17, 15) is 9.59 Å². The van der Waals surface area contributed by atoms with E-state index >= 15 is 0 Å². The first-order chi connectivity index (χ1) is 10.5. The van der Waals surface area contributed by atoms with Gasteiger partial charge < -0.3 is 9.80 Å². The predicted molar refractivity (Wildman–Crippen MR) is 82.1 cm³/mol. The van der Waals surface area contributed by atoms with Crippen LogP contribution in [-0.2, 0) is 16.1 Å². The maximum absolute atomic E-state index is 12.5. The minimum absolute atomic E-state index is 0.125. The number of nitrogens with zero attached hydrogens (tertiary/aromatic N) is 4. The number of rotatable bonds is 2. The normalized spacial score (nSPS) is 25.8. The predicted octanol–water partition coefficient (Wildman–Crippen LogP) is 1.05. The zero-order chi connectivity index (χ0) is 15.7. The molecule has 2 fully saturated rings. The Hall–Kier alpha value is -1.85. The lowest BCUT2D eigenvalue weighted by molar-refractivity contribution is -0.137. The summed E-state index contributed by atoms with van der Waals surface area (Å²) in [5.74, 6) is 0.785. The number of hydrogen-bond acceptors (Lipinski definition) is 3. The Morgan fingerprint density at radius 2 is 2.23 bits per heavy atom. The molecule has 0 spiro atoms. The highest BCUT2D eigenvalue weighted by atomic mass is 16.2. The van der Waals surface area contributed by atoms with Crippen molar-refractivity contribution in [2.75, 3.05) is 20.1 Å². The molecule has 6 nitrogen and oxygen atoms in total. The SMILES string of the molecule is Cc1cnn(CC(=O)N2CC[C@@H]3[C@H](CCCC(=O)N3C)C2)c1. The highest BCUT2D eigenvalue weighted by molar-refractivity contribution is 5.77. The van der Waals surface area contributed by atoms with Crippen molar-refractivity contribution >= 4 is 11.8 Å². The largest absolute Gasteiger partial charge is 0.342 e. The van der Waals surface area contributed by atoms with Gasteiger partial charge in [-0.2, -0.15) is 5.10 Å². The molecule has 0 unspecified atom stereocenters. The van der Waals surface area contributed by atoms with Gasteiger partial charge in [-0.1, -0.05) is 0 Å². The van der Waals surface area contributed by atoms with Crippen molar-refractivity contribution in [3.63, 3.8) is 0 Å². The number of piperidine rings is 1. The first-order valence-electron chi connectivity index (χ1n) is 8.07. The van der Waals surface area contributed by atoms with E-state index in [1.165, 1.54) is 0 Å². The molecule has 3 heterocycles. The molecular weight excluding hydrogens is 280 g/mol. The number of aromatic nitrogens is 2. The van der Waals surface area contributed by atoms with Gasteiger partial charge in [-0.05, 0) is 37.7 Å². The first-order valence-corrected chi connectivity index (χ1v) is 8.07. The number of carbonyl (C=O) groups is 2. The smallest absolute Gasteiger partial charge is 0.244 e. The second-order valence-electron chi connectivity index (χ2n) is 6.57. The van der Waals surface area contributed by atoms with E-state index in [1.54, 1.807) is 10.9 Å². The van der Waals surface area contributed by atoms with Gasteiger partial charge in [0.2, 0.25) is 11.8 Å². The van der Waals surface area contributed by atoms with Crippen molar-refractivity contribution in [1.82, 2.24) is 19.6 Å². The maximum Gasteiger partial charge on any atom is 0.244 e. The Kier molecular flexibility index (Phi) is 4.18. The summed E-state index contributed by atoms with van der Waals surface area (Å²) >= 11 is 0. The summed E-state index contributed by atoms with van der Waals surface area (Å²) in [4.78, 5) is 28.3. The van der Waals surface area contributed by atoms with Crippen LogP contribution in [0.5, 0.6) is 0 Å². The number of hydrogen-bond donors (Lipinski definition) is 0. The molecule has 2 aliphatic heterocycles. The minimum Gasteiger partial charge on any atom is -0.342 e. The molecule has 1 aromatic heterocycles. The van der Waals surface area contributed by atoms with Gasteiger partial charge in [0.1, 0.15) is 6.54 Å². The summed E-state index contributed by atoms with van der Waals surface area (Å²) in [6.45, 7) is 3.77. The van der Waals surface area contributed by atoms with Gasteiger partial charge in [0.15, 0.2) is 0 Å². The van der Waals surface area contributed by atoms with Crippen molar-refractivity contribution < 1.29 is 9.59 Å². The molecule has 6 heteroatoms. The fourth-order valence-corrected chi connectivity index (χ4v) is 3.71. The third kappa shape index (κ3) is 3.00. The molecule has 22 heavy (non-hydrogen) atoms. The van der Waals surface area contributed by atoms with Gasteiger partial charge in [-0.15, -0.1) is 0 Å². The van der Waals surface area contributed by atoms with Gasteiger partial charge >= 0.3 is 0 Å². The fraction of sp³-hybridized carbons (Fsp3) is 0.688. The van der Waals surface area contributed by atoms with Crippen molar-refractivity contribution in [3.05, 3.63) is 18.0 Å². The molecule has 3 rings (SSSR count). The van der Waals surface area contributed by atoms with E-state index in [-0.39, 0.29) is 11.8 Å². The average Bonchev–Trinajstić information content (AvgIpc) is 2.85. The van der Waals surface area contributed by atoms with Crippen LogP contribution in [0.25, 0.3) is 0 Å². The molecule has 1 aromatic rings. The van der Waals surface area contributed by atoms with Crippen LogP contribution in [0.2, 0.25) is 0 Å². The summed E-state index contributed by atoms with van der Waals surface area (Å²) in [7, 11) is 1.91. The Morgan fingerprint density at radius 3 is 2.95 bits per heavy atom. The summed E-state index contributed by atoms with van der Waals surface area (Å²) in [6, 6.07) is 0.297. The highest BCUT2D eigenvalue weighted by Gasteiger charge is 2.36. The van der Waals surface area contributed by atoms with E-state index in [4.69, 9.17) is 0 Å². The number of likely N-dealkylation sites (tertiary alicyclic amines) is 2. The zero-order valence-electron chi connectivity index (χ0n) is 13.4. The van der Waals surface area contributed by atoms with Gasteiger partial charge in [0, 0.05) is 38.8 Å². The van der Waals surface area contributed by atoms with Crippen molar-refractivity contribution in [2.45, 2.75) is 45.2 Å². The van der Waals surface area contributed by atoms with Crippen LogP contribution < -0.4 is 0 Å². The van der Waals surface area contributed by atoms with E-state index < -0.39 is 0 Å². The van der Waals surface area contributed by atoms with Gasteiger partial charge in [-0.25, -0.2) is 0 Å². The molecule has 0 bridgehead atoms. The van der Waals surface area contributed by atoms with Crippen molar-refractivity contribution in [2.24, 2.45) is 5.92 Å². The minimum atomic E-state index is 0.125. The van der Waals surface area contributed by atoms with Crippen LogP contribution >= 0.6 is 0 Å². The molecule has 0 saturated carbocycles. The summed E-state index contributed by atoms with van der Waals surface area (Å²) in [6.07, 6.45) is 7.16. The lowest BCUT2D eigenvalue weighted by atomic mass is 9.88. The molecule has 0 N–H and O–H groups in total. The topological polar surface area (TPSA) is 58.4 Å². The Balaban J connectivity index is 1.63. The monoisotopic (exact) mass is 304 g/mol. The quantitative estimate of drug-likeness (QED) is 0.820. The molecule has 2 amide bonds. The fourth-order valence-electron chi connectivity index (χ4n) is 3.71. The Bertz CT molecular complexity index is 568. The Labute approximate surface area is 131 Å². The van der Waals surface area contributed by atoms with E-state index in [0.717, 1.165) is 37.9 Å². The molecule has 120 valence electrons.